The second-order valence-electron chi connectivity index (χ2n) is 6.47. The third-order valence-electron chi connectivity index (χ3n) is 4.30. The first-order valence-electron chi connectivity index (χ1n) is 9.45. The number of anilines is 1. The number of methoxy groups -OCH3 is 2. The first-order chi connectivity index (χ1) is 14.6. The Kier molecular flexibility index (Phi) is 7.05. The Balaban J connectivity index is 1.94. The molecule has 0 radical (unpaired) electrons. The Morgan fingerprint density at radius 3 is 2.03 bits per heavy atom. The third kappa shape index (κ3) is 5.38. The molecular weight excluding hydrogens is 380 g/mol. The van der Waals surface area contributed by atoms with E-state index in [2.05, 4.69) is 12.1 Å². The summed E-state index contributed by atoms with van der Waals surface area (Å²) in [4.78, 5) is 11.4. The molecule has 0 aliphatic heterocycles. The molecule has 6 heteroatoms. The van der Waals surface area contributed by atoms with Gasteiger partial charge in [-0.15, -0.1) is 0 Å². The Morgan fingerprint density at radius 1 is 0.933 bits per heavy atom. The van der Waals surface area contributed by atoms with E-state index in [0.29, 0.717) is 18.0 Å². The van der Waals surface area contributed by atoms with Gasteiger partial charge in [0.1, 0.15) is 0 Å². The Morgan fingerprint density at radius 2 is 1.50 bits per heavy atom. The van der Waals surface area contributed by atoms with E-state index < -0.39 is 5.97 Å². The van der Waals surface area contributed by atoms with Crippen LogP contribution in [0.3, 0.4) is 0 Å². The van der Waals surface area contributed by atoms with E-state index in [9.17, 15) is 4.79 Å². The molecule has 0 saturated carbocycles. The lowest BCUT2D eigenvalue weighted by Gasteiger charge is -2.19. The van der Waals surface area contributed by atoms with Gasteiger partial charge in [-0.2, -0.15) is 5.10 Å². The van der Waals surface area contributed by atoms with Crippen molar-refractivity contribution in [3.63, 3.8) is 0 Å². The first-order valence-corrected chi connectivity index (χ1v) is 9.45. The normalized spacial score (nSPS) is 10.6. The maximum absolute atomic E-state index is 11.4. The molecule has 0 spiro atoms. The number of ether oxygens (including phenoxy) is 3. The van der Waals surface area contributed by atoms with E-state index >= 15 is 0 Å². The van der Waals surface area contributed by atoms with Gasteiger partial charge in [0.05, 0.1) is 32.7 Å². The number of carbonyl (C=O) groups excluding carboxylic acids is 1. The molecule has 0 saturated heterocycles. The van der Waals surface area contributed by atoms with Crippen LogP contribution in [-0.4, -0.2) is 26.4 Å². The van der Waals surface area contributed by atoms with E-state index in [0.717, 1.165) is 16.8 Å². The van der Waals surface area contributed by atoms with Gasteiger partial charge in [0.25, 0.3) is 0 Å². The number of rotatable bonds is 8. The molecule has 0 bridgehead atoms. The molecule has 0 aliphatic rings. The molecular formula is C24H24N2O4. The second-order valence-corrected chi connectivity index (χ2v) is 6.47. The molecule has 154 valence electrons. The number of para-hydroxylation sites is 1. The van der Waals surface area contributed by atoms with Crippen LogP contribution in [0, 0.1) is 0 Å². The van der Waals surface area contributed by atoms with Gasteiger partial charge in [0.15, 0.2) is 11.5 Å². The number of hydrazone groups is 1. The van der Waals surface area contributed by atoms with Crippen molar-refractivity contribution >= 4 is 17.9 Å². The zero-order valence-electron chi connectivity index (χ0n) is 17.2. The number of hydrogen-bond donors (Lipinski definition) is 0. The number of carbonyl (C=O) groups is 1. The average molecular weight is 404 g/mol. The Bertz CT molecular complexity index is 979. The van der Waals surface area contributed by atoms with Gasteiger partial charge >= 0.3 is 5.97 Å². The van der Waals surface area contributed by atoms with E-state index in [4.69, 9.17) is 19.3 Å². The highest BCUT2D eigenvalue weighted by molar-refractivity contribution is 5.84. The van der Waals surface area contributed by atoms with Crippen LogP contribution >= 0.6 is 0 Å². The van der Waals surface area contributed by atoms with Gasteiger partial charge in [0, 0.05) is 12.5 Å². The fourth-order valence-corrected chi connectivity index (χ4v) is 2.91. The van der Waals surface area contributed by atoms with Gasteiger partial charge < -0.3 is 14.2 Å². The summed E-state index contributed by atoms with van der Waals surface area (Å²) in [6, 6.07) is 23.5. The summed E-state index contributed by atoms with van der Waals surface area (Å²) in [5.41, 5.74) is 2.85. The maximum atomic E-state index is 11.4. The molecule has 0 unspecified atom stereocenters. The molecule has 0 aromatic heterocycles. The van der Waals surface area contributed by atoms with Crippen LogP contribution in [0.5, 0.6) is 17.2 Å². The van der Waals surface area contributed by atoms with Crippen molar-refractivity contribution < 1.29 is 19.0 Å². The molecule has 3 aromatic rings. The highest BCUT2D eigenvalue weighted by Gasteiger charge is 2.16. The summed E-state index contributed by atoms with van der Waals surface area (Å²) in [6.07, 6.45) is 1.72. The summed E-state index contributed by atoms with van der Waals surface area (Å²) in [5, 5.41) is 6.60. The fourth-order valence-electron chi connectivity index (χ4n) is 2.91. The van der Waals surface area contributed by atoms with Crippen molar-refractivity contribution in [2.24, 2.45) is 5.10 Å². The predicted octanol–water partition coefficient (Wildman–Crippen LogP) is 4.67. The van der Waals surface area contributed by atoms with Crippen LogP contribution in [-0.2, 0) is 11.3 Å². The van der Waals surface area contributed by atoms with Crippen molar-refractivity contribution in [2.75, 3.05) is 19.2 Å². The standard InChI is InChI=1S/C24H24N2O4/c1-18(27)30-24-22(28-2)14-20(15-23(24)29-3)16-25-26(21-12-8-5-9-13-21)17-19-10-6-4-7-11-19/h4-16H,17H2,1-3H3/b25-16-. The molecule has 0 heterocycles. The Labute approximate surface area is 176 Å². The van der Waals surface area contributed by atoms with Crippen molar-refractivity contribution in [1.82, 2.24) is 0 Å². The van der Waals surface area contributed by atoms with E-state index in [1.54, 1.807) is 18.3 Å². The highest BCUT2D eigenvalue weighted by Crippen LogP contribution is 2.38. The minimum Gasteiger partial charge on any atom is -0.493 e. The van der Waals surface area contributed by atoms with E-state index in [-0.39, 0.29) is 5.75 Å². The lowest BCUT2D eigenvalue weighted by atomic mass is 10.2. The molecule has 0 atom stereocenters. The first kappa shape index (κ1) is 20.9. The maximum Gasteiger partial charge on any atom is 0.308 e. The van der Waals surface area contributed by atoms with Crippen LogP contribution in [0.1, 0.15) is 18.1 Å². The molecule has 0 aliphatic carbocycles. The lowest BCUT2D eigenvalue weighted by molar-refractivity contribution is -0.132. The van der Waals surface area contributed by atoms with Gasteiger partial charge in [-0.3, -0.25) is 9.80 Å². The van der Waals surface area contributed by atoms with Crippen molar-refractivity contribution in [1.29, 1.82) is 0 Å². The number of nitrogens with zero attached hydrogens (tertiary/aromatic N) is 2. The van der Waals surface area contributed by atoms with E-state index in [1.165, 1.54) is 21.1 Å². The zero-order valence-corrected chi connectivity index (χ0v) is 17.2. The number of esters is 1. The van der Waals surface area contributed by atoms with Crippen molar-refractivity contribution in [2.45, 2.75) is 13.5 Å². The molecule has 3 rings (SSSR count). The molecule has 30 heavy (non-hydrogen) atoms. The van der Waals surface area contributed by atoms with Crippen LogP contribution in [0.2, 0.25) is 0 Å². The third-order valence-corrected chi connectivity index (χ3v) is 4.30. The average Bonchev–Trinajstić information content (AvgIpc) is 2.78. The lowest BCUT2D eigenvalue weighted by Crippen LogP contribution is -2.16. The van der Waals surface area contributed by atoms with Crippen LogP contribution in [0.15, 0.2) is 77.9 Å². The van der Waals surface area contributed by atoms with Gasteiger partial charge in [0.2, 0.25) is 5.75 Å². The van der Waals surface area contributed by atoms with E-state index in [1.807, 2.05) is 53.5 Å². The highest BCUT2D eigenvalue weighted by atomic mass is 16.6. The van der Waals surface area contributed by atoms with Crippen LogP contribution < -0.4 is 19.2 Å². The smallest absolute Gasteiger partial charge is 0.308 e. The van der Waals surface area contributed by atoms with Gasteiger partial charge in [-0.05, 0) is 29.8 Å². The van der Waals surface area contributed by atoms with Crippen molar-refractivity contribution in [3.05, 3.63) is 83.9 Å². The number of hydrogen-bond acceptors (Lipinski definition) is 6. The summed E-state index contributed by atoms with van der Waals surface area (Å²) >= 11 is 0. The minimum atomic E-state index is -0.453. The Hall–Kier alpha value is -3.80. The predicted molar refractivity (Wildman–Crippen MR) is 118 cm³/mol. The van der Waals surface area contributed by atoms with Crippen LogP contribution in [0.4, 0.5) is 5.69 Å². The monoisotopic (exact) mass is 404 g/mol. The minimum absolute atomic E-state index is 0.244. The molecule has 0 amide bonds. The quantitative estimate of drug-likeness (QED) is 0.236. The SMILES string of the molecule is COc1cc(/C=N\N(Cc2ccccc2)c2ccccc2)cc(OC)c1OC(C)=O. The van der Waals surface area contributed by atoms with Crippen LogP contribution in [0.25, 0.3) is 0 Å². The summed E-state index contributed by atoms with van der Waals surface area (Å²) in [5.74, 6) is 0.570. The largest absolute Gasteiger partial charge is 0.493 e. The summed E-state index contributed by atoms with van der Waals surface area (Å²) in [7, 11) is 3.02. The number of benzene rings is 3. The van der Waals surface area contributed by atoms with Crippen molar-refractivity contribution in [3.8, 4) is 17.2 Å². The summed E-state index contributed by atoms with van der Waals surface area (Å²) in [6.45, 7) is 1.94. The molecule has 6 nitrogen and oxygen atoms in total. The zero-order chi connectivity index (χ0) is 21.3. The fraction of sp³-hybridized carbons (Fsp3) is 0.167. The second kappa shape index (κ2) is 10.1. The molecule has 3 aromatic carbocycles. The molecule has 0 fully saturated rings. The van der Waals surface area contributed by atoms with Gasteiger partial charge in [-0.25, -0.2) is 0 Å². The topological polar surface area (TPSA) is 60.4 Å². The molecule has 0 N–H and O–H groups in total. The van der Waals surface area contributed by atoms with Gasteiger partial charge in [-0.1, -0.05) is 48.5 Å². The summed E-state index contributed by atoms with van der Waals surface area (Å²) < 4.78 is 16.0.